The third-order valence-corrected chi connectivity index (χ3v) is 7.88. The summed E-state index contributed by atoms with van der Waals surface area (Å²) in [5.41, 5.74) is 2.14. The van der Waals surface area contributed by atoms with Gasteiger partial charge < -0.3 is 24.1 Å². The second-order valence-corrected chi connectivity index (χ2v) is 11.2. The first-order chi connectivity index (χ1) is 24.1. The van der Waals surface area contributed by atoms with Gasteiger partial charge in [-0.1, -0.05) is 0 Å². The summed E-state index contributed by atoms with van der Waals surface area (Å²) in [6, 6.07) is 9.26. The van der Waals surface area contributed by atoms with Crippen LogP contribution in [0, 0.1) is 23.3 Å². The van der Waals surface area contributed by atoms with Crippen molar-refractivity contribution in [3.8, 4) is 34.0 Å². The summed E-state index contributed by atoms with van der Waals surface area (Å²) in [7, 11) is 0. The first-order valence-corrected chi connectivity index (χ1v) is 15.8. The Balaban J connectivity index is 0.000000194. The van der Waals surface area contributed by atoms with Crippen molar-refractivity contribution in [1.82, 2.24) is 9.97 Å². The van der Waals surface area contributed by atoms with Gasteiger partial charge in [-0.2, -0.15) is 0 Å². The lowest BCUT2D eigenvalue weighted by Crippen LogP contribution is -2.27. The molecule has 0 aliphatic carbocycles. The number of rotatable bonds is 8. The summed E-state index contributed by atoms with van der Waals surface area (Å²) in [5, 5.41) is 9.29. The van der Waals surface area contributed by atoms with Crippen molar-refractivity contribution in [2.75, 3.05) is 19.8 Å². The number of ether oxygens (including phenoxy) is 4. The van der Waals surface area contributed by atoms with Crippen molar-refractivity contribution < 1.29 is 56.0 Å². The summed E-state index contributed by atoms with van der Waals surface area (Å²) < 4.78 is 76.0. The Morgan fingerprint density at radius 3 is 1.68 bits per heavy atom. The Labute approximate surface area is 284 Å². The molecular weight excluding hydrogens is 664 g/mol. The number of hydrogen-bond donors (Lipinski definition) is 1. The third kappa shape index (κ3) is 7.91. The Morgan fingerprint density at radius 2 is 1.24 bits per heavy atom. The van der Waals surface area contributed by atoms with E-state index < -0.39 is 47.4 Å². The van der Waals surface area contributed by atoms with E-state index in [-0.39, 0.29) is 54.1 Å². The molecule has 0 saturated carbocycles. The van der Waals surface area contributed by atoms with Crippen LogP contribution in [0.3, 0.4) is 0 Å². The van der Waals surface area contributed by atoms with Crippen molar-refractivity contribution in [2.24, 2.45) is 0 Å². The Hall–Kier alpha value is -5.37. The van der Waals surface area contributed by atoms with Crippen LogP contribution in [0.1, 0.15) is 58.8 Å². The lowest BCUT2D eigenvalue weighted by Gasteiger charge is -2.26. The fourth-order valence-electron chi connectivity index (χ4n) is 5.53. The molecule has 50 heavy (non-hydrogen) atoms. The lowest BCUT2D eigenvalue weighted by atomic mass is 9.94. The molecule has 1 N–H and O–H groups in total. The van der Waals surface area contributed by atoms with Gasteiger partial charge in [-0.25, -0.2) is 37.1 Å². The molecule has 0 saturated heterocycles. The van der Waals surface area contributed by atoms with Gasteiger partial charge in [0.05, 0.1) is 19.8 Å². The number of nitrogens with zero attached hydrogens (tertiary/aromatic N) is 2. The summed E-state index contributed by atoms with van der Waals surface area (Å²) >= 11 is 0. The molecular formula is C36H32F4N2O8. The van der Waals surface area contributed by atoms with Gasteiger partial charge in [-0.3, -0.25) is 4.79 Å². The highest BCUT2D eigenvalue weighted by Crippen LogP contribution is 2.38. The molecule has 2 unspecified atom stereocenters. The maximum Gasteiger partial charge on any atom is 0.357 e. The SMILES string of the molecule is CCOC(=O)c1cc(-c2ccc(F)cc2F)c2c(n1)OC(C=O)CC2.CCOC(=O)c1cc(-c2ccc(F)cc2F)c2c(n1)OC(CO)CC2. The highest BCUT2D eigenvalue weighted by atomic mass is 19.1. The standard InChI is InChI=1S/C18H17F2NO4.C18H15F2NO4/c2*1-2-24-18(23)16-8-14(12-5-3-10(19)7-15(12)20)13-6-4-11(9-22)25-17(13)21-16/h3,5,7-8,11,22H,2,4,6,9H2,1H3;3,5,7-9,11H,2,4,6H2,1H3. The van der Waals surface area contributed by atoms with Gasteiger partial charge in [0.25, 0.3) is 0 Å². The molecule has 0 radical (unpaired) electrons. The summed E-state index contributed by atoms with van der Waals surface area (Å²) in [4.78, 5) is 43.4. The van der Waals surface area contributed by atoms with E-state index in [1.165, 1.54) is 24.3 Å². The number of carbonyl (C=O) groups is 3. The van der Waals surface area contributed by atoms with Crippen molar-refractivity contribution in [1.29, 1.82) is 0 Å². The number of aliphatic hydroxyl groups is 1. The smallest absolute Gasteiger partial charge is 0.357 e. The van der Waals surface area contributed by atoms with Gasteiger partial charge in [0, 0.05) is 34.4 Å². The van der Waals surface area contributed by atoms with Crippen molar-refractivity contribution in [3.05, 3.63) is 94.3 Å². The number of halogens is 4. The second kappa shape index (κ2) is 15.9. The highest BCUT2D eigenvalue weighted by Gasteiger charge is 2.29. The molecule has 2 aromatic carbocycles. The van der Waals surface area contributed by atoms with E-state index in [1.807, 2.05) is 0 Å². The minimum atomic E-state index is -0.763. The van der Waals surface area contributed by atoms with Crippen LogP contribution < -0.4 is 9.47 Å². The number of pyridine rings is 2. The largest absolute Gasteiger partial charge is 0.472 e. The van der Waals surface area contributed by atoms with Crippen LogP contribution in [0.5, 0.6) is 11.8 Å². The second-order valence-electron chi connectivity index (χ2n) is 11.2. The molecule has 10 nitrogen and oxygen atoms in total. The van der Waals surface area contributed by atoms with E-state index in [9.17, 15) is 37.1 Å². The molecule has 0 amide bonds. The Morgan fingerprint density at radius 1 is 0.760 bits per heavy atom. The van der Waals surface area contributed by atoms with Crippen LogP contribution in [0.25, 0.3) is 22.3 Å². The molecule has 0 bridgehead atoms. The number of aliphatic hydroxyl groups excluding tert-OH is 1. The van der Waals surface area contributed by atoms with Gasteiger partial charge in [-0.15, -0.1) is 0 Å². The molecule has 2 aliphatic rings. The molecule has 0 spiro atoms. The maximum atomic E-state index is 14.3. The summed E-state index contributed by atoms with van der Waals surface area (Å²) in [6.45, 7) is 3.43. The van der Waals surface area contributed by atoms with Crippen LogP contribution >= 0.6 is 0 Å². The number of benzene rings is 2. The minimum absolute atomic E-state index is 0.0297. The van der Waals surface area contributed by atoms with Crippen LogP contribution in [0.2, 0.25) is 0 Å². The van der Waals surface area contributed by atoms with Gasteiger partial charge in [0.2, 0.25) is 11.8 Å². The molecule has 2 aromatic heterocycles. The van der Waals surface area contributed by atoms with Crippen LogP contribution in [0.15, 0.2) is 48.5 Å². The average molecular weight is 697 g/mol. The number of hydrogen-bond acceptors (Lipinski definition) is 10. The molecule has 4 heterocycles. The molecule has 262 valence electrons. The Bertz CT molecular complexity index is 1920. The topological polar surface area (TPSA) is 134 Å². The predicted octanol–water partition coefficient (Wildman–Crippen LogP) is 5.99. The van der Waals surface area contributed by atoms with E-state index in [0.717, 1.165) is 24.3 Å². The zero-order valence-corrected chi connectivity index (χ0v) is 27.0. The predicted molar refractivity (Wildman–Crippen MR) is 170 cm³/mol. The van der Waals surface area contributed by atoms with E-state index >= 15 is 0 Å². The van der Waals surface area contributed by atoms with E-state index in [2.05, 4.69) is 9.97 Å². The number of carbonyl (C=O) groups excluding carboxylic acids is 3. The molecule has 2 atom stereocenters. The van der Waals surface area contributed by atoms with Crippen LogP contribution in [0.4, 0.5) is 17.6 Å². The number of fused-ring (bicyclic) bond motifs is 2. The highest BCUT2D eigenvalue weighted by molar-refractivity contribution is 5.91. The fraction of sp³-hybridized carbons (Fsp3) is 0.306. The average Bonchev–Trinajstić information content (AvgIpc) is 3.10. The van der Waals surface area contributed by atoms with E-state index in [4.69, 9.17) is 18.9 Å². The zero-order chi connectivity index (χ0) is 35.9. The quantitative estimate of drug-likeness (QED) is 0.133. The van der Waals surface area contributed by atoms with E-state index in [1.54, 1.807) is 13.8 Å². The Kier molecular flexibility index (Phi) is 11.4. The number of aromatic nitrogens is 2. The first kappa shape index (κ1) is 35.9. The van der Waals surface area contributed by atoms with Crippen LogP contribution in [-0.4, -0.2) is 65.3 Å². The molecule has 6 rings (SSSR count). The molecule has 0 fully saturated rings. The third-order valence-electron chi connectivity index (χ3n) is 7.88. The molecule has 4 aromatic rings. The molecule has 2 aliphatic heterocycles. The van der Waals surface area contributed by atoms with Gasteiger partial charge in [0.15, 0.2) is 23.8 Å². The van der Waals surface area contributed by atoms with Crippen molar-refractivity contribution in [3.63, 3.8) is 0 Å². The number of aldehydes is 1. The minimum Gasteiger partial charge on any atom is -0.472 e. The fourth-order valence-corrected chi connectivity index (χ4v) is 5.53. The van der Waals surface area contributed by atoms with Crippen molar-refractivity contribution >= 4 is 18.2 Å². The molecule has 14 heteroatoms. The summed E-state index contributed by atoms with van der Waals surface area (Å²) in [5.74, 6) is -4.00. The number of esters is 2. The summed E-state index contributed by atoms with van der Waals surface area (Å²) in [6.07, 6.45) is 1.38. The van der Waals surface area contributed by atoms with Crippen LogP contribution in [-0.2, 0) is 27.1 Å². The van der Waals surface area contributed by atoms with E-state index in [0.29, 0.717) is 54.2 Å². The van der Waals surface area contributed by atoms with Gasteiger partial charge in [-0.05, 0) is 87.1 Å². The first-order valence-electron chi connectivity index (χ1n) is 15.8. The zero-order valence-electron chi connectivity index (χ0n) is 27.0. The lowest BCUT2D eigenvalue weighted by molar-refractivity contribution is -0.114. The maximum absolute atomic E-state index is 14.3. The van der Waals surface area contributed by atoms with Gasteiger partial charge in [0.1, 0.15) is 29.4 Å². The van der Waals surface area contributed by atoms with Crippen molar-refractivity contribution in [2.45, 2.75) is 51.7 Å². The van der Waals surface area contributed by atoms with Gasteiger partial charge >= 0.3 is 11.9 Å². The monoisotopic (exact) mass is 696 g/mol. The normalized spacial score (nSPS) is 16.0.